The number of benzene rings is 2. The minimum atomic E-state index is -4.75. The van der Waals surface area contributed by atoms with Crippen molar-refractivity contribution in [2.75, 3.05) is 23.0 Å². The molecule has 2 aromatic carbocycles. The Hall–Kier alpha value is -2.79. The van der Waals surface area contributed by atoms with E-state index in [1.807, 2.05) is 5.32 Å². The predicted molar refractivity (Wildman–Crippen MR) is 113 cm³/mol. The van der Waals surface area contributed by atoms with Crippen molar-refractivity contribution in [2.45, 2.75) is 18.3 Å². The number of thioether (sulfide) groups is 1. The SMILES string of the molecule is C[C@H](SCC(=O)Nc1ccc(F)cc1)C(=O)OCC(=O)Nc1ccc(Cl)cc1C(F)(F)F. The number of hydrogen-bond donors (Lipinski definition) is 2. The van der Waals surface area contributed by atoms with Gasteiger partial charge in [0.1, 0.15) is 11.1 Å². The van der Waals surface area contributed by atoms with Crippen LogP contribution in [0.15, 0.2) is 42.5 Å². The number of nitrogens with one attached hydrogen (secondary N) is 2. The fourth-order valence-electron chi connectivity index (χ4n) is 2.30. The van der Waals surface area contributed by atoms with Crippen molar-refractivity contribution in [2.24, 2.45) is 0 Å². The van der Waals surface area contributed by atoms with Crippen LogP contribution in [0, 0.1) is 5.82 Å². The van der Waals surface area contributed by atoms with E-state index in [1.165, 1.54) is 37.3 Å². The second-order valence-corrected chi connectivity index (χ2v) is 8.12. The molecule has 0 radical (unpaired) electrons. The van der Waals surface area contributed by atoms with Crippen molar-refractivity contribution in [1.29, 1.82) is 0 Å². The van der Waals surface area contributed by atoms with E-state index < -0.39 is 52.9 Å². The Balaban J connectivity index is 1.80. The molecule has 0 aliphatic rings. The molecule has 0 saturated carbocycles. The standard InChI is InChI=1S/C20H17ClF4N2O4S/c1-11(32-10-18(29)26-14-5-3-13(22)4-6-14)19(30)31-9-17(28)27-16-7-2-12(21)8-15(16)20(23,24)25/h2-8,11H,9-10H2,1H3,(H,26,29)(H,27,28)/t11-/m0/s1. The van der Waals surface area contributed by atoms with Gasteiger partial charge in [-0.05, 0) is 49.4 Å². The third kappa shape index (κ3) is 8.04. The van der Waals surface area contributed by atoms with Gasteiger partial charge in [0, 0.05) is 10.7 Å². The first-order chi connectivity index (χ1) is 15.0. The largest absolute Gasteiger partial charge is 0.455 e. The molecule has 32 heavy (non-hydrogen) atoms. The lowest BCUT2D eigenvalue weighted by atomic mass is 10.1. The molecule has 0 spiro atoms. The molecule has 0 unspecified atom stereocenters. The van der Waals surface area contributed by atoms with Crippen LogP contribution in [0.1, 0.15) is 12.5 Å². The number of amides is 2. The molecule has 0 heterocycles. The molecule has 0 fully saturated rings. The van der Waals surface area contributed by atoms with Gasteiger partial charge in [-0.2, -0.15) is 13.2 Å². The first-order valence-corrected chi connectivity index (χ1v) is 10.4. The number of esters is 1. The summed E-state index contributed by atoms with van der Waals surface area (Å²) in [7, 11) is 0. The van der Waals surface area contributed by atoms with Gasteiger partial charge in [0.15, 0.2) is 6.61 Å². The van der Waals surface area contributed by atoms with Crippen LogP contribution in [0.3, 0.4) is 0 Å². The number of ether oxygens (including phenoxy) is 1. The highest BCUT2D eigenvalue weighted by Gasteiger charge is 2.34. The Morgan fingerprint density at radius 3 is 2.34 bits per heavy atom. The molecular formula is C20H17ClF4N2O4S. The maximum absolute atomic E-state index is 13.1. The highest BCUT2D eigenvalue weighted by molar-refractivity contribution is 8.01. The van der Waals surface area contributed by atoms with Crippen molar-refractivity contribution in [3.8, 4) is 0 Å². The molecule has 2 amide bonds. The van der Waals surface area contributed by atoms with Crippen LogP contribution in [0.5, 0.6) is 0 Å². The van der Waals surface area contributed by atoms with Gasteiger partial charge in [-0.25, -0.2) is 4.39 Å². The van der Waals surface area contributed by atoms with Crippen LogP contribution < -0.4 is 10.6 Å². The van der Waals surface area contributed by atoms with E-state index in [2.05, 4.69) is 5.32 Å². The van der Waals surface area contributed by atoms with Gasteiger partial charge in [0.2, 0.25) is 5.91 Å². The molecule has 0 bridgehead atoms. The van der Waals surface area contributed by atoms with Crippen molar-refractivity contribution in [3.05, 3.63) is 58.9 Å². The summed E-state index contributed by atoms with van der Waals surface area (Å²) in [5.74, 6) is -2.83. The van der Waals surface area contributed by atoms with Crippen molar-refractivity contribution in [3.63, 3.8) is 0 Å². The summed E-state index contributed by atoms with van der Waals surface area (Å²) in [6.45, 7) is 0.627. The summed E-state index contributed by atoms with van der Waals surface area (Å²) in [6.07, 6.45) is -4.75. The molecule has 0 saturated heterocycles. The van der Waals surface area contributed by atoms with Crippen LogP contribution in [-0.4, -0.2) is 35.4 Å². The molecule has 2 N–H and O–H groups in total. The van der Waals surface area contributed by atoms with E-state index in [1.54, 1.807) is 0 Å². The number of halogens is 5. The summed E-state index contributed by atoms with van der Waals surface area (Å²) in [4.78, 5) is 35.8. The predicted octanol–water partition coefficient (Wildman–Crippen LogP) is 4.74. The second-order valence-electron chi connectivity index (χ2n) is 6.35. The van der Waals surface area contributed by atoms with Crippen LogP contribution >= 0.6 is 23.4 Å². The highest BCUT2D eigenvalue weighted by Crippen LogP contribution is 2.36. The molecule has 2 aromatic rings. The van der Waals surface area contributed by atoms with Gasteiger partial charge >= 0.3 is 12.1 Å². The summed E-state index contributed by atoms with van der Waals surface area (Å²) >= 11 is 6.49. The van der Waals surface area contributed by atoms with Gasteiger partial charge < -0.3 is 15.4 Å². The Kier molecular flexibility index (Phi) is 8.90. The summed E-state index contributed by atoms with van der Waals surface area (Å²) in [5.41, 5.74) is -1.28. The van der Waals surface area contributed by atoms with E-state index in [0.29, 0.717) is 11.8 Å². The van der Waals surface area contributed by atoms with E-state index in [4.69, 9.17) is 16.3 Å². The van der Waals surface area contributed by atoms with Gasteiger partial charge in [0.25, 0.3) is 5.91 Å². The zero-order valence-corrected chi connectivity index (χ0v) is 18.0. The van der Waals surface area contributed by atoms with E-state index in [0.717, 1.165) is 17.8 Å². The molecule has 172 valence electrons. The van der Waals surface area contributed by atoms with E-state index in [9.17, 15) is 31.9 Å². The average molecular weight is 493 g/mol. The monoisotopic (exact) mass is 492 g/mol. The topological polar surface area (TPSA) is 84.5 Å². The number of carbonyl (C=O) groups is 3. The number of carbonyl (C=O) groups excluding carboxylic acids is 3. The third-order valence-corrected chi connectivity index (χ3v) is 5.19. The molecule has 6 nitrogen and oxygen atoms in total. The summed E-state index contributed by atoms with van der Waals surface area (Å²) in [6, 6.07) is 7.93. The van der Waals surface area contributed by atoms with Crippen molar-refractivity contribution >= 4 is 52.5 Å². The normalized spacial score (nSPS) is 12.1. The molecule has 1 atom stereocenters. The molecule has 0 aromatic heterocycles. The number of anilines is 2. The Labute approximate surface area is 189 Å². The minimum absolute atomic E-state index is 0.125. The minimum Gasteiger partial charge on any atom is -0.455 e. The lowest BCUT2D eigenvalue weighted by Crippen LogP contribution is -2.26. The third-order valence-electron chi connectivity index (χ3n) is 3.83. The fourth-order valence-corrected chi connectivity index (χ4v) is 3.15. The van der Waals surface area contributed by atoms with Gasteiger partial charge in [-0.15, -0.1) is 11.8 Å². The summed E-state index contributed by atoms with van der Waals surface area (Å²) in [5, 5.41) is 3.56. The van der Waals surface area contributed by atoms with Gasteiger partial charge in [-0.3, -0.25) is 14.4 Å². The van der Waals surface area contributed by atoms with Crippen molar-refractivity contribution < 1.29 is 36.7 Å². The average Bonchev–Trinajstić information content (AvgIpc) is 2.72. The number of rotatable bonds is 8. The fraction of sp³-hybridized carbons (Fsp3) is 0.250. The Morgan fingerprint density at radius 1 is 1.06 bits per heavy atom. The summed E-state index contributed by atoms with van der Waals surface area (Å²) < 4.78 is 56.8. The Morgan fingerprint density at radius 2 is 1.72 bits per heavy atom. The first kappa shape index (κ1) is 25.5. The quantitative estimate of drug-likeness (QED) is 0.411. The number of hydrogen-bond acceptors (Lipinski definition) is 5. The smallest absolute Gasteiger partial charge is 0.418 e. The van der Waals surface area contributed by atoms with Crippen LogP contribution in [-0.2, 0) is 25.3 Å². The van der Waals surface area contributed by atoms with Gasteiger partial charge in [0.05, 0.1) is 17.0 Å². The van der Waals surface area contributed by atoms with Crippen LogP contribution in [0.2, 0.25) is 5.02 Å². The lowest BCUT2D eigenvalue weighted by molar-refractivity contribution is -0.146. The van der Waals surface area contributed by atoms with Crippen molar-refractivity contribution in [1.82, 2.24) is 0 Å². The van der Waals surface area contributed by atoms with E-state index in [-0.39, 0.29) is 10.8 Å². The number of alkyl halides is 3. The highest BCUT2D eigenvalue weighted by atomic mass is 35.5. The molecule has 12 heteroatoms. The zero-order chi connectivity index (χ0) is 23.9. The van der Waals surface area contributed by atoms with Crippen LogP contribution in [0.4, 0.5) is 28.9 Å². The molecule has 2 rings (SSSR count). The molecule has 0 aliphatic carbocycles. The molecular weight excluding hydrogens is 476 g/mol. The lowest BCUT2D eigenvalue weighted by Gasteiger charge is -2.15. The zero-order valence-electron chi connectivity index (χ0n) is 16.5. The van der Waals surface area contributed by atoms with Crippen LogP contribution in [0.25, 0.3) is 0 Å². The second kappa shape index (κ2) is 11.2. The first-order valence-electron chi connectivity index (χ1n) is 8.96. The maximum Gasteiger partial charge on any atom is 0.418 e. The van der Waals surface area contributed by atoms with E-state index >= 15 is 0 Å². The maximum atomic E-state index is 13.1. The van der Waals surface area contributed by atoms with Gasteiger partial charge in [-0.1, -0.05) is 11.6 Å². The molecule has 0 aliphatic heterocycles. The Bertz CT molecular complexity index is 987.